The van der Waals surface area contributed by atoms with Crippen LogP contribution in [0.1, 0.15) is 30.9 Å². The number of piperidine rings is 1. The molecule has 1 saturated heterocycles. The van der Waals surface area contributed by atoms with Crippen molar-refractivity contribution in [2.45, 2.75) is 37.9 Å². The Balaban J connectivity index is 1.86. The maximum absolute atomic E-state index is 13.2. The summed E-state index contributed by atoms with van der Waals surface area (Å²) in [6, 6.07) is 5.58. The van der Waals surface area contributed by atoms with Crippen molar-refractivity contribution in [2.24, 2.45) is 5.73 Å². The molecule has 1 aromatic heterocycles. The summed E-state index contributed by atoms with van der Waals surface area (Å²) in [7, 11) is 0. The molecule has 0 saturated carbocycles. The molecule has 23 heavy (non-hydrogen) atoms. The molecule has 122 valence electrons. The summed E-state index contributed by atoms with van der Waals surface area (Å²) in [6.07, 6.45) is 6.25. The zero-order valence-electron chi connectivity index (χ0n) is 12.8. The molecule has 0 unspecified atom stereocenters. The molecule has 1 aliphatic rings. The van der Waals surface area contributed by atoms with Gasteiger partial charge in [0.25, 0.3) is 0 Å². The molecule has 0 spiro atoms. The van der Waals surface area contributed by atoms with Crippen molar-refractivity contribution in [2.75, 3.05) is 6.54 Å². The van der Waals surface area contributed by atoms with Gasteiger partial charge in [0.15, 0.2) is 0 Å². The van der Waals surface area contributed by atoms with Crippen LogP contribution in [0, 0.1) is 5.82 Å². The second-order valence-electron chi connectivity index (χ2n) is 5.86. The first-order valence-electron chi connectivity index (χ1n) is 7.78. The van der Waals surface area contributed by atoms with Gasteiger partial charge in [-0.3, -0.25) is 14.4 Å². The number of aromatic nitrogens is 3. The third-order valence-corrected chi connectivity index (χ3v) is 4.32. The predicted octanol–water partition coefficient (Wildman–Crippen LogP) is 1.50. The van der Waals surface area contributed by atoms with Gasteiger partial charge in [0.05, 0.1) is 6.54 Å². The van der Waals surface area contributed by atoms with Gasteiger partial charge in [-0.05, 0) is 37.1 Å². The van der Waals surface area contributed by atoms with Gasteiger partial charge in [0.1, 0.15) is 24.5 Å². The third kappa shape index (κ3) is 3.56. The summed E-state index contributed by atoms with van der Waals surface area (Å²) >= 11 is 0. The molecule has 0 aliphatic carbocycles. The van der Waals surface area contributed by atoms with Gasteiger partial charge in [-0.1, -0.05) is 18.6 Å². The van der Waals surface area contributed by atoms with E-state index in [1.165, 1.54) is 18.5 Å². The van der Waals surface area contributed by atoms with Gasteiger partial charge < -0.3 is 5.73 Å². The Hall–Kier alpha value is -2.28. The molecule has 2 aromatic rings. The maximum atomic E-state index is 13.2. The van der Waals surface area contributed by atoms with E-state index in [1.807, 2.05) is 0 Å². The number of nitrogens with zero attached hydrogens (tertiary/aromatic N) is 4. The van der Waals surface area contributed by atoms with E-state index < -0.39 is 11.9 Å². The molecule has 0 radical (unpaired) electrons. The molecule has 7 heteroatoms. The Labute approximate surface area is 134 Å². The fourth-order valence-corrected chi connectivity index (χ4v) is 3.27. The van der Waals surface area contributed by atoms with Gasteiger partial charge in [-0.2, -0.15) is 5.10 Å². The first-order valence-corrected chi connectivity index (χ1v) is 7.78. The van der Waals surface area contributed by atoms with Crippen LogP contribution in [0.4, 0.5) is 4.39 Å². The molecule has 6 nitrogen and oxygen atoms in total. The summed E-state index contributed by atoms with van der Waals surface area (Å²) < 4.78 is 14.9. The van der Waals surface area contributed by atoms with Gasteiger partial charge in [0, 0.05) is 6.04 Å². The highest BCUT2D eigenvalue weighted by Crippen LogP contribution is 2.29. The van der Waals surface area contributed by atoms with E-state index in [-0.39, 0.29) is 11.9 Å². The van der Waals surface area contributed by atoms with Crippen molar-refractivity contribution in [1.82, 2.24) is 19.7 Å². The number of hydrogen-bond donors (Lipinski definition) is 1. The lowest BCUT2D eigenvalue weighted by atomic mass is 9.95. The summed E-state index contributed by atoms with van der Waals surface area (Å²) in [5, 5.41) is 4.15. The van der Waals surface area contributed by atoms with Crippen molar-refractivity contribution >= 4 is 5.91 Å². The van der Waals surface area contributed by atoms with Crippen LogP contribution < -0.4 is 5.73 Å². The van der Waals surface area contributed by atoms with Crippen LogP contribution in [0.25, 0.3) is 0 Å². The zero-order chi connectivity index (χ0) is 16.2. The minimum absolute atomic E-state index is 0.146. The van der Waals surface area contributed by atoms with Crippen molar-refractivity contribution in [3.8, 4) is 0 Å². The van der Waals surface area contributed by atoms with E-state index in [0.717, 1.165) is 31.4 Å². The highest BCUT2D eigenvalue weighted by atomic mass is 19.1. The monoisotopic (exact) mass is 317 g/mol. The van der Waals surface area contributed by atoms with E-state index in [9.17, 15) is 9.18 Å². The summed E-state index contributed by atoms with van der Waals surface area (Å²) in [5.41, 5.74) is 6.39. The van der Waals surface area contributed by atoms with Gasteiger partial charge in [-0.15, -0.1) is 0 Å². The lowest BCUT2D eigenvalue weighted by molar-refractivity contribution is -0.125. The van der Waals surface area contributed by atoms with Crippen molar-refractivity contribution in [3.05, 3.63) is 48.3 Å². The van der Waals surface area contributed by atoms with Gasteiger partial charge >= 0.3 is 0 Å². The smallest absolute Gasteiger partial charge is 0.239 e. The van der Waals surface area contributed by atoms with Gasteiger partial charge in [0.2, 0.25) is 5.91 Å². The van der Waals surface area contributed by atoms with E-state index in [4.69, 9.17) is 5.73 Å². The number of benzene rings is 1. The number of likely N-dealkylation sites (tertiary alicyclic amines) is 1. The second kappa shape index (κ2) is 6.87. The Morgan fingerprint density at radius 3 is 2.78 bits per heavy atom. The van der Waals surface area contributed by atoms with Crippen LogP contribution >= 0.6 is 0 Å². The molecule has 2 atom stereocenters. The van der Waals surface area contributed by atoms with Crippen molar-refractivity contribution in [3.63, 3.8) is 0 Å². The van der Waals surface area contributed by atoms with Gasteiger partial charge in [-0.25, -0.2) is 9.37 Å². The fraction of sp³-hybridized carbons (Fsp3) is 0.438. The average Bonchev–Trinajstić information content (AvgIpc) is 3.04. The maximum Gasteiger partial charge on any atom is 0.239 e. The molecule has 2 heterocycles. The number of halogens is 1. The van der Waals surface area contributed by atoms with E-state index >= 15 is 0 Å². The number of carbonyl (C=O) groups excluding carboxylic acids is 1. The zero-order valence-corrected chi connectivity index (χ0v) is 12.8. The lowest BCUT2D eigenvalue weighted by Gasteiger charge is -2.40. The molecule has 2 N–H and O–H groups in total. The Bertz CT molecular complexity index is 643. The van der Waals surface area contributed by atoms with Crippen molar-refractivity contribution < 1.29 is 9.18 Å². The van der Waals surface area contributed by atoms with E-state index in [0.29, 0.717) is 6.54 Å². The number of hydrogen-bond acceptors (Lipinski definition) is 4. The van der Waals surface area contributed by atoms with Crippen molar-refractivity contribution in [1.29, 1.82) is 0 Å². The first-order chi connectivity index (χ1) is 11.1. The first kappa shape index (κ1) is 15.6. The molecule has 1 fully saturated rings. The Morgan fingerprint density at radius 1 is 1.35 bits per heavy atom. The number of rotatable bonds is 5. The summed E-state index contributed by atoms with van der Waals surface area (Å²) in [4.78, 5) is 18.2. The summed E-state index contributed by atoms with van der Waals surface area (Å²) in [5.74, 6) is -0.739. The quantitative estimate of drug-likeness (QED) is 0.906. The number of amides is 1. The van der Waals surface area contributed by atoms with Crippen LogP contribution in [-0.2, 0) is 11.3 Å². The third-order valence-electron chi connectivity index (χ3n) is 4.32. The van der Waals surface area contributed by atoms with Crippen LogP contribution in [-0.4, -0.2) is 38.2 Å². The molecule has 1 amide bonds. The number of carbonyl (C=O) groups is 1. The molecular formula is C16H20FN5O. The van der Waals surface area contributed by atoms with Crippen LogP contribution in [0.5, 0.6) is 0 Å². The largest absolute Gasteiger partial charge is 0.368 e. The molecular weight excluding hydrogens is 297 g/mol. The van der Waals surface area contributed by atoms with Crippen LogP contribution in [0.3, 0.4) is 0 Å². The average molecular weight is 317 g/mol. The predicted molar refractivity (Wildman–Crippen MR) is 82.7 cm³/mol. The van der Waals surface area contributed by atoms with Crippen LogP contribution in [0.2, 0.25) is 0 Å². The lowest BCUT2D eigenvalue weighted by Crippen LogP contribution is -2.48. The van der Waals surface area contributed by atoms with E-state index in [1.54, 1.807) is 23.1 Å². The summed E-state index contributed by atoms with van der Waals surface area (Å²) in [6.45, 7) is 1.44. The van der Waals surface area contributed by atoms with E-state index in [2.05, 4.69) is 15.0 Å². The molecule has 0 bridgehead atoms. The highest BCUT2D eigenvalue weighted by Gasteiger charge is 2.33. The minimum Gasteiger partial charge on any atom is -0.368 e. The number of primary amides is 1. The highest BCUT2D eigenvalue weighted by molar-refractivity contribution is 5.81. The molecule has 1 aromatic carbocycles. The fourth-order valence-electron chi connectivity index (χ4n) is 3.27. The minimum atomic E-state index is -0.551. The normalized spacial score (nSPS) is 20.3. The topological polar surface area (TPSA) is 77.0 Å². The second-order valence-corrected chi connectivity index (χ2v) is 5.86. The SMILES string of the molecule is NC(=O)[C@@H](c1ccc(F)cc1)N1CCCC[C@@H]1Cn1cncn1. The Morgan fingerprint density at radius 2 is 2.13 bits per heavy atom. The number of nitrogens with two attached hydrogens (primary N) is 1. The molecule has 3 rings (SSSR count). The van der Waals surface area contributed by atoms with Crippen LogP contribution in [0.15, 0.2) is 36.9 Å². The molecule has 1 aliphatic heterocycles. The standard InChI is InChI=1S/C16H20FN5O/c17-13-6-4-12(5-7-13)15(16(18)23)22-8-2-1-3-14(22)9-21-11-19-10-20-21/h4-7,10-11,14-15H,1-3,8-9H2,(H2,18,23)/t14-,15-/m1/s1. The Kier molecular flexibility index (Phi) is 4.66.